The van der Waals surface area contributed by atoms with Gasteiger partial charge < -0.3 is 10.1 Å². The topological polar surface area (TPSA) is 69.0 Å². The van der Waals surface area contributed by atoms with Gasteiger partial charge in [-0.3, -0.25) is 4.79 Å². The van der Waals surface area contributed by atoms with Crippen molar-refractivity contribution >= 4 is 23.1 Å². The number of carbonyl (C=O) groups is 1. The number of rotatable bonds is 5. The molecule has 0 bridgehead atoms. The molecule has 0 saturated carbocycles. The number of allylic oxidation sites excluding steroid dienone is 2. The number of hydrogen-bond acceptors (Lipinski definition) is 6. The van der Waals surface area contributed by atoms with Crippen molar-refractivity contribution in [2.24, 2.45) is 0 Å². The lowest BCUT2D eigenvalue weighted by Crippen LogP contribution is -2.33. The van der Waals surface area contributed by atoms with Gasteiger partial charge in [-0.25, -0.2) is 4.68 Å². The number of ether oxygens (including phenoxy) is 1. The second kappa shape index (κ2) is 8.33. The first-order valence-corrected chi connectivity index (χ1v) is 11.9. The summed E-state index contributed by atoms with van der Waals surface area (Å²) in [5.74, 6) is 1.82. The largest absolute Gasteiger partial charge is 0.489 e. The van der Waals surface area contributed by atoms with E-state index in [1.807, 2.05) is 65.3 Å². The molecule has 0 saturated heterocycles. The molecule has 0 fully saturated rings. The van der Waals surface area contributed by atoms with Crippen LogP contribution in [0.15, 0.2) is 89.7 Å². The molecule has 2 atom stereocenters. The fraction of sp³-hybridized carbons (Fsp3) is 0.192. The molecule has 2 aromatic carbocycles. The summed E-state index contributed by atoms with van der Waals surface area (Å²) in [6.45, 7) is 0.513. The Bertz CT molecular complexity index is 1310. The first kappa shape index (κ1) is 19.9. The van der Waals surface area contributed by atoms with Gasteiger partial charge in [0.15, 0.2) is 5.78 Å². The molecule has 3 heterocycles. The summed E-state index contributed by atoms with van der Waals surface area (Å²) in [7, 11) is 0. The summed E-state index contributed by atoms with van der Waals surface area (Å²) in [6, 6.07) is 21.9. The Hall–Kier alpha value is -3.71. The van der Waals surface area contributed by atoms with Crippen LogP contribution in [0.3, 0.4) is 0 Å². The van der Waals surface area contributed by atoms with Crippen molar-refractivity contribution in [1.82, 2.24) is 14.8 Å². The Morgan fingerprint density at radius 1 is 1.03 bits per heavy atom. The second-order valence-corrected chi connectivity index (χ2v) is 9.31. The van der Waals surface area contributed by atoms with Crippen molar-refractivity contribution in [1.29, 1.82) is 0 Å². The fourth-order valence-electron chi connectivity index (χ4n) is 4.67. The number of nitrogens with one attached hydrogen (secondary N) is 1. The highest BCUT2D eigenvalue weighted by Crippen LogP contribution is 2.44. The van der Waals surface area contributed by atoms with Crippen molar-refractivity contribution in [2.75, 3.05) is 5.32 Å². The highest BCUT2D eigenvalue weighted by Gasteiger charge is 2.39. The van der Waals surface area contributed by atoms with Crippen LogP contribution in [0.25, 0.3) is 0 Å². The predicted octanol–water partition coefficient (Wildman–Crippen LogP) is 5.33. The third kappa shape index (κ3) is 3.74. The number of benzene rings is 2. The van der Waals surface area contributed by atoms with E-state index in [1.54, 1.807) is 11.3 Å². The van der Waals surface area contributed by atoms with Crippen LogP contribution in [0, 0.1) is 0 Å². The minimum atomic E-state index is -0.293. The number of aromatic nitrogens is 3. The number of nitrogens with zero attached hydrogens (tertiary/aromatic N) is 3. The normalized spacial score (nSPS) is 19.6. The van der Waals surface area contributed by atoms with Crippen molar-refractivity contribution < 1.29 is 9.53 Å². The van der Waals surface area contributed by atoms with Crippen LogP contribution in [-0.4, -0.2) is 20.5 Å². The molecule has 0 amide bonds. The van der Waals surface area contributed by atoms with Crippen LogP contribution < -0.4 is 10.1 Å². The molecule has 2 aromatic heterocycles. The molecule has 2 aliphatic rings. The minimum absolute atomic E-state index is 0.165. The molecule has 1 N–H and O–H groups in total. The molecule has 1 aliphatic heterocycles. The summed E-state index contributed by atoms with van der Waals surface area (Å²) in [5, 5.41) is 9.88. The SMILES string of the molecule is O=C1CC(c2cccs2)CC2=C1C(c1ccc(OCc3ccccc3)cc1)n1ncnc1N2. The van der Waals surface area contributed by atoms with Crippen LogP contribution >= 0.6 is 11.3 Å². The lowest BCUT2D eigenvalue weighted by Gasteiger charge is -2.34. The summed E-state index contributed by atoms with van der Waals surface area (Å²) in [6.07, 6.45) is 2.84. The lowest BCUT2D eigenvalue weighted by molar-refractivity contribution is -0.116. The fourth-order valence-corrected chi connectivity index (χ4v) is 5.50. The maximum absolute atomic E-state index is 13.4. The Morgan fingerprint density at radius 3 is 2.67 bits per heavy atom. The van der Waals surface area contributed by atoms with Gasteiger partial charge in [0.1, 0.15) is 24.7 Å². The van der Waals surface area contributed by atoms with E-state index in [4.69, 9.17) is 4.74 Å². The van der Waals surface area contributed by atoms with Gasteiger partial charge in [0.25, 0.3) is 0 Å². The number of anilines is 1. The summed E-state index contributed by atoms with van der Waals surface area (Å²) in [5.41, 5.74) is 3.86. The van der Waals surface area contributed by atoms with Crippen molar-refractivity contribution in [2.45, 2.75) is 31.4 Å². The summed E-state index contributed by atoms with van der Waals surface area (Å²) in [4.78, 5) is 19.0. The van der Waals surface area contributed by atoms with Crippen molar-refractivity contribution in [3.05, 3.63) is 106 Å². The maximum atomic E-state index is 13.4. The summed E-state index contributed by atoms with van der Waals surface area (Å²) >= 11 is 1.71. The van der Waals surface area contributed by atoms with Crippen molar-refractivity contribution in [3.63, 3.8) is 0 Å². The van der Waals surface area contributed by atoms with E-state index >= 15 is 0 Å². The van der Waals surface area contributed by atoms with Crippen LogP contribution in [-0.2, 0) is 11.4 Å². The van der Waals surface area contributed by atoms with E-state index in [2.05, 4.69) is 26.8 Å². The number of thiophene rings is 1. The molecule has 164 valence electrons. The van der Waals surface area contributed by atoms with Crippen LogP contribution in [0.1, 0.15) is 40.8 Å². The van der Waals surface area contributed by atoms with E-state index in [0.29, 0.717) is 19.0 Å². The smallest absolute Gasteiger partial charge is 0.226 e. The molecular formula is C26H22N4O2S. The number of ketones is 1. The molecule has 0 spiro atoms. The average Bonchev–Trinajstić information content (AvgIpc) is 3.55. The molecular weight excluding hydrogens is 432 g/mol. The number of hydrogen-bond donors (Lipinski definition) is 1. The predicted molar refractivity (Wildman–Crippen MR) is 127 cm³/mol. The Morgan fingerprint density at radius 2 is 1.88 bits per heavy atom. The van der Waals surface area contributed by atoms with Gasteiger partial charge in [-0.05, 0) is 41.1 Å². The zero-order chi connectivity index (χ0) is 22.2. The third-order valence-corrected chi connectivity index (χ3v) is 7.29. The van der Waals surface area contributed by atoms with E-state index in [-0.39, 0.29) is 17.7 Å². The molecule has 6 rings (SSSR count). The number of carbonyl (C=O) groups excluding carboxylic acids is 1. The van der Waals surface area contributed by atoms with E-state index in [9.17, 15) is 4.79 Å². The van der Waals surface area contributed by atoms with Gasteiger partial charge in [-0.2, -0.15) is 10.1 Å². The third-order valence-electron chi connectivity index (χ3n) is 6.25. The minimum Gasteiger partial charge on any atom is -0.489 e. The Kier molecular flexibility index (Phi) is 5.03. The molecule has 1 aliphatic carbocycles. The van der Waals surface area contributed by atoms with Gasteiger partial charge in [0.2, 0.25) is 5.95 Å². The first-order chi connectivity index (χ1) is 16.3. The van der Waals surface area contributed by atoms with Gasteiger partial charge >= 0.3 is 0 Å². The monoisotopic (exact) mass is 454 g/mol. The first-order valence-electron chi connectivity index (χ1n) is 11.0. The zero-order valence-corrected chi connectivity index (χ0v) is 18.7. The molecule has 0 radical (unpaired) electrons. The van der Waals surface area contributed by atoms with Gasteiger partial charge in [0.05, 0.1) is 0 Å². The van der Waals surface area contributed by atoms with E-state index in [1.165, 1.54) is 11.2 Å². The van der Waals surface area contributed by atoms with Gasteiger partial charge in [0, 0.05) is 28.5 Å². The second-order valence-electron chi connectivity index (χ2n) is 8.34. The number of fused-ring (bicyclic) bond motifs is 1. The Labute approximate surface area is 195 Å². The molecule has 2 unspecified atom stereocenters. The highest BCUT2D eigenvalue weighted by atomic mass is 32.1. The zero-order valence-electron chi connectivity index (χ0n) is 17.8. The lowest BCUT2D eigenvalue weighted by atomic mass is 9.80. The molecule has 4 aromatic rings. The number of Topliss-reactive ketones (excluding diaryl/α,β-unsaturated/α-hetero) is 1. The van der Waals surface area contributed by atoms with E-state index < -0.39 is 0 Å². The Balaban J connectivity index is 1.30. The quantitative estimate of drug-likeness (QED) is 0.441. The van der Waals surface area contributed by atoms with E-state index in [0.717, 1.165) is 34.6 Å². The molecule has 6 nitrogen and oxygen atoms in total. The molecule has 33 heavy (non-hydrogen) atoms. The van der Waals surface area contributed by atoms with Crippen LogP contribution in [0.2, 0.25) is 0 Å². The van der Waals surface area contributed by atoms with Gasteiger partial charge in [-0.15, -0.1) is 11.3 Å². The van der Waals surface area contributed by atoms with Crippen molar-refractivity contribution in [3.8, 4) is 5.75 Å². The summed E-state index contributed by atoms with van der Waals surface area (Å²) < 4.78 is 7.75. The maximum Gasteiger partial charge on any atom is 0.226 e. The van der Waals surface area contributed by atoms with Crippen LogP contribution in [0.5, 0.6) is 5.75 Å². The van der Waals surface area contributed by atoms with Crippen LogP contribution in [0.4, 0.5) is 5.95 Å². The van der Waals surface area contributed by atoms with Gasteiger partial charge in [-0.1, -0.05) is 48.5 Å². The molecule has 7 heteroatoms. The highest BCUT2D eigenvalue weighted by molar-refractivity contribution is 7.10. The average molecular weight is 455 g/mol. The standard InChI is InChI=1S/C26H22N4O2S/c31-22-14-19(23-7-4-12-33-23)13-21-24(22)25(30-26(29-21)27-16-28-30)18-8-10-20(11-9-18)32-15-17-5-2-1-3-6-17/h1-12,16,19,25H,13-15H2,(H,27,28,29).